The largest absolute Gasteiger partial charge is 0.480 e. The summed E-state index contributed by atoms with van der Waals surface area (Å²) >= 11 is 5.87. The van der Waals surface area contributed by atoms with Crippen LogP contribution in [0.25, 0.3) is 10.9 Å². The first-order valence-corrected chi connectivity index (χ1v) is 8.17. The summed E-state index contributed by atoms with van der Waals surface area (Å²) in [6, 6.07) is 11.4. The van der Waals surface area contributed by atoms with Gasteiger partial charge in [0.2, 0.25) is 0 Å². The molecule has 2 N–H and O–H groups in total. The van der Waals surface area contributed by atoms with Crippen molar-refractivity contribution >= 4 is 28.5 Å². The summed E-state index contributed by atoms with van der Waals surface area (Å²) in [6.45, 7) is 1.22. The Morgan fingerprint density at radius 1 is 1.33 bits per heavy atom. The van der Waals surface area contributed by atoms with E-state index in [1.807, 2.05) is 18.2 Å². The van der Waals surface area contributed by atoms with Gasteiger partial charge < -0.3 is 9.67 Å². The maximum atomic E-state index is 11.3. The van der Waals surface area contributed by atoms with Crippen molar-refractivity contribution in [1.82, 2.24) is 14.9 Å². The van der Waals surface area contributed by atoms with Gasteiger partial charge in [-0.25, -0.2) is 4.98 Å². The van der Waals surface area contributed by atoms with E-state index in [0.29, 0.717) is 24.7 Å². The zero-order valence-corrected chi connectivity index (χ0v) is 13.6. The third-order valence-corrected chi connectivity index (χ3v) is 4.77. The molecule has 0 radical (unpaired) electrons. The molecule has 1 aromatic carbocycles. The number of rotatable bonds is 3. The van der Waals surface area contributed by atoms with Crippen molar-refractivity contribution in [2.75, 3.05) is 0 Å². The van der Waals surface area contributed by atoms with Gasteiger partial charge in [0.1, 0.15) is 11.2 Å². The Labute approximate surface area is 143 Å². The second kappa shape index (κ2) is 5.92. The molecule has 0 aliphatic carbocycles. The highest BCUT2D eigenvalue weighted by Crippen LogP contribution is 2.30. The van der Waals surface area contributed by atoms with E-state index < -0.39 is 12.0 Å². The molecule has 2 aromatic heterocycles. The van der Waals surface area contributed by atoms with Crippen molar-refractivity contribution in [3.63, 3.8) is 0 Å². The number of carboxylic acids is 1. The number of carboxylic acid groups (broad SMARTS) is 1. The summed E-state index contributed by atoms with van der Waals surface area (Å²) in [7, 11) is 0. The number of aliphatic carboxylic acids is 1. The number of halogens is 1. The van der Waals surface area contributed by atoms with Gasteiger partial charge >= 0.3 is 5.97 Å². The molecule has 3 heterocycles. The third-order valence-electron chi connectivity index (χ3n) is 4.55. The molecule has 1 aliphatic rings. The van der Waals surface area contributed by atoms with E-state index in [1.165, 1.54) is 0 Å². The smallest absolute Gasteiger partial charge is 0.321 e. The van der Waals surface area contributed by atoms with Crippen molar-refractivity contribution in [2.24, 2.45) is 0 Å². The third kappa shape index (κ3) is 2.56. The molecule has 0 spiro atoms. The van der Waals surface area contributed by atoms with Gasteiger partial charge in [-0.1, -0.05) is 35.9 Å². The zero-order chi connectivity index (χ0) is 16.7. The Kier molecular flexibility index (Phi) is 3.75. The van der Waals surface area contributed by atoms with Crippen molar-refractivity contribution in [3.05, 3.63) is 64.6 Å². The quantitative estimate of drug-likeness (QED) is 0.719. The van der Waals surface area contributed by atoms with Crippen LogP contribution in [-0.2, 0) is 24.3 Å². The maximum Gasteiger partial charge on any atom is 0.321 e. The molecule has 0 saturated heterocycles. The highest BCUT2D eigenvalue weighted by atomic mass is 35.5. The van der Waals surface area contributed by atoms with Gasteiger partial charge in [-0.3, -0.25) is 10.1 Å². The molecular formula is C18H16ClN3O2. The van der Waals surface area contributed by atoms with Crippen LogP contribution in [0.4, 0.5) is 0 Å². The number of aromatic nitrogens is 2. The summed E-state index contributed by atoms with van der Waals surface area (Å²) < 4.78 is 2.24. The predicted molar refractivity (Wildman–Crippen MR) is 92.3 cm³/mol. The molecule has 5 nitrogen and oxygen atoms in total. The second-order valence-corrected chi connectivity index (χ2v) is 6.38. The molecule has 1 unspecified atom stereocenters. The lowest BCUT2D eigenvalue weighted by molar-refractivity contribution is -0.139. The number of hydrogen-bond donors (Lipinski definition) is 2. The summed E-state index contributed by atoms with van der Waals surface area (Å²) in [5.41, 5.74) is 4.44. The molecule has 122 valence electrons. The molecule has 24 heavy (non-hydrogen) atoms. The van der Waals surface area contributed by atoms with E-state index in [1.54, 1.807) is 12.3 Å². The molecule has 0 bridgehead atoms. The van der Waals surface area contributed by atoms with Gasteiger partial charge in [0.05, 0.1) is 0 Å². The van der Waals surface area contributed by atoms with Crippen LogP contribution < -0.4 is 5.32 Å². The first-order chi connectivity index (χ1) is 11.6. The van der Waals surface area contributed by atoms with Gasteiger partial charge in [-0.15, -0.1) is 0 Å². The number of benzene rings is 1. The molecule has 0 amide bonds. The predicted octanol–water partition coefficient (Wildman–Crippen LogP) is 2.84. The van der Waals surface area contributed by atoms with Crippen LogP contribution in [0.1, 0.15) is 16.8 Å². The summed E-state index contributed by atoms with van der Waals surface area (Å²) in [5.74, 6) is -0.806. The molecular weight excluding hydrogens is 326 g/mol. The van der Waals surface area contributed by atoms with E-state index in [2.05, 4.69) is 27.0 Å². The summed E-state index contributed by atoms with van der Waals surface area (Å²) in [5, 5.41) is 14.0. The number of nitrogens with one attached hydrogen (secondary N) is 1. The van der Waals surface area contributed by atoms with E-state index in [4.69, 9.17) is 11.6 Å². The topological polar surface area (TPSA) is 67.1 Å². The Morgan fingerprint density at radius 3 is 2.92 bits per heavy atom. The van der Waals surface area contributed by atoms with E-state index in [9.17, 15) is 9.90 Å². The average Bonchev–Trinajstić information content (AvgIpc) is 2.90. The van der Waals surface area contributed by atoms with Gasteiger partial charge in [-0.05, 0) is 23.3 Å². The summed E-state index contributed by atoms with van der Waals surface area (Å²) in [4.78, 5) is 15.5. The Hall–Kier alpha value is -2.37. The lowest BCUT2D eigenvalue weighted by atomic mass is 9.99. The lowest BCUT2D eigenvalue weighted by Crippen LogP contribution is -2.42. The van der Waals surface area contributed by atoms with Gasteiger partial charge in [0.15, 0.2) is 0 Å². The first kappa shape index (κ1) is 15.2. The number of fused-ring (bicyclic) bond motifs is 3. The SMILES string of the molecule is O=C(O)C1Cc2c(n(Cc3ccc(Cl)nc3)c3ccccc23)CN1. The number of nitrogens with zero attached hydrogens (tertiary/aromatic N) is 2. The molecule has 0 fully saturated rings. The van der Waals surface area contributed by atoms with E-state index in [-0.39, 0.29) is 0 Å². The first-order valence-electron chi connectivity index (χ1n) is 7.79. The van der Waals surface area contributed by atoms with Crippen LogP contribution in [0.2, 0.25) is 5.15 Å². The minimum absolute atomic E-state index is 0.476. The number of pyridine rings is 1. The van der Waals surface area contributed by atoms with E-state index in [0.717, 1.165) is 27.7 Å². The van der Waals surface area contributed by atoms with Crippen LogP contribution in [0.3, 0.4) is 0 Å². The van der Waals surface area contributed by atoms with Gasteiger partial charge in [0.25, 0.3) is 0 Å². The Morgan fingerprint density at radius 2 is 2.17 bits per heavy atom. The Balaban J connectivity index is 1.81. The normalized spacial score (nSPS) is 17.0. The maximum absolute atomic E-state index is 11.3. The molecule has 6 heteroatoms. The molecule has 4 rings (SSSR count). The molecule has 3 aromatic rings. The minimum Gasteiger partial charge on any atom is -0.480 e. The van der Waals surface area contributed by atoms with Crippen LogP contribution in [0.5, 0.6) is 0 Å². The molecule has 1 atom stereocenters. The fourth-order valence-corrected chi connectivity index (χ4v) is 3.50. The number of carbonyl (C=O) groups is 1. The van der Waals surface area contributed by atoms with Crippen molar-refractivity contribution in [1.29, 1.82) is 0 Å². The van der Waals surface area contributed by atoms with Crippen LogP contribution in [0, 0.1) is 0 Å². The lowest BCUT2D eigenvalue weighted by Gasteiger charge is -2.22. The molecule has 0 saturated carbocycles. The fraction of sp³-hybridized carbons (Fsp3) is 0.222. The van der Waals surface area contributed by atoms with Crippen LogP contribution >= 0.6 is 11.6 Å². The van der Waals surface area contributed by atoms with Crippen LogP contribution in [0.15, 0.2) is 42.6 Å². The monoisotopic (exact) mass is 341 g/mol. The number of para-hydroxylation sites is 1. The average molecular weight is 342 g/mol. The highest BCUT2D eigenvalue weighted by molar-refractivity contribution is 6.29. The fourth-order valence-electron chi connectivity index (χ4n) is 3.39. The van der Waals surface area contributed by atoms with Crippen molar-refractivity contribution in [3.8, 4) is 0 Å². The zero-order valence-electron chi connectivity index (χ0n) is 12.9. The van der Waals surface area contributed by atoms with Crippen LogP contribution in [-0.4, -0.2) is 26.7 Å². The minimum atomic E-state index is -0.806. The van der Waals surface area contributed by atoms with Crippen molar-refractivity contribution < 1.29 is 9.90 Å². The van der Waals surface area contributed by atoms with Gasteiger partial charge in [0, 0.05) is 42.3 Å². The number of hydrogen-bond acceptors (Lipinski definition) is 3. The molecule has 1 aliphatic heterocycles. The van der Waals surface area contributed by atoms with Gasteiger partial charge in [-0.2, -0.15) is 0 Å². The Bertz CT molecular complexity index is 918. The second-order valence-electron chi connectivity index (χ2n) is 5.99. The van der Waals surface area contributed by atoms with E-state index >= 15 is 0 Å². The van der Waals surface area contributed by atoms with Crippen molar-refractivity contribution in [2.45, 2.75) is 25.6 Å². The highest BCUT2D eigenvalue weighted by Gasteiger charge is 2.28. The standard InChI is InChI=1S/C18H16ClN3O2/c19-17-6-5-11(8-21-17)10-22-15-4-2-1-3-12(15)13-7-14(18(23)24)20-9-16(13)22/h1-6,8,14,20H,7,9-10H2,(H,23,24). The summed E-state index contributed by atoms with van der Waals surface area (Å²) in [6.07, 6.45) is 2.27.